The molecule has 0 bridgehead atoms. The summed E-state index contributed by atoms with van der Waals surface area (Å²) >= 11 is 0. The Labute approximate surface area is 163 Å². The molecule has 1 saturated heterocycles. The fraction of sp³-hybridized carbons (Fsp3) is 0.765. The monoisotopic (exact) mass is 450 g/mol. The van der Waals surface area contributed by atoms with Gasteiger partial charge in [-0.3, -0.25) is 4.99 Å². The maximum Gasteiger partial charge on any atom is 0.410 e. The van der Waals surface area contributed by atoms with Crippen LogP contribution in [0.2, 0.25) is 0 Å². The number of guanidine groups is 1. The zero-order valence-corrected chi connectivity index (χ0v) is 17.6. The summed E-state index contributed by atoms with van der Waals surface area (Å²) in [6.45, 7) is 10.1. The zero-order chi connectivity index (χ0) is 17.3. The van der Waals surface area contributed by atoms with E-state index in [0.717, 1.165) is 32.4 Å². The highest BCUT2D eigenvalue weighted by Crippen LogP contribution is 2.20. The number of likely N-dealkylation sites (tertiary alicyclic amines) is 1. The predicted molar refractivity (Wildman–Crippen MR) is 109 cm³/mol. The molecule has 1 aliphatic rings. The largest absolute Gasteiger partial charge is 0.444 e. The molecule has 0 radical (unpaired) electrons. The van der Waals surface area contributed by atoms with Gasteiger partial charge in [-0.15, -0.1) is 30.4 Å². The first-order chi connectivity index (χ1) is 10.9. The molecule has 24 heavy (non-hydrogen) atoms. The standard InChI is InChI=1S/C17H30N4O2.HI/c1-6-11-19-15(18-7-2)20-13-14-10-8-9-12-21(14)16(22)23-17(3,4)5;/h1,14H,7-13H2,2-5H3,(H2,18,19,20);1H. The molecule has 0 saturated carbocycles. The highest BCUT2D eigenvalue weighted by molar-refractivity contribution is 14.0. The summed E-state index contributed by atoms with van der Waals surface area (Å²) in [7, 11) is 0. The fourth-order valence-corrected chi connectivity index (χ4v) is 2.42. The zero-order valence-electron chi connectivity index (χ0n) is 15.2. The van der Waals surface area contributed by atoms with Crippen LogP contribution in [-0.2, 0) is 4.74 Å². The molecular formula is C17H31IN4O2. The maximum absolute atomic E-state index is 12.4. The van der Waals surface area contributed by atoms with E-state index in [2.05, 4.69) is 21.5 Å². The number of carbonyl (C=O) groups is 1. The molecule has 7 heteroatoms. The van der Waals surface area contributed by atoms with Crippen molar-refractivity contribution in [2.75, 3.05) is 26.2 Å². The Kier molecular flexibility index (Phi) is 10.8. The average Bonchev–Trinajstić information content (AvgIpc) is 2.48. The number of halogens is 1. The van der Waals surface area contributed by atoms with E-state index >= 15 is 0 Å². The van der Waals surface area contributed by atoms with Crippen molar-refractivity contribution in [3.05, 3.63) is 0 Å². The minimum atomic E-state index is -0.481. The summed E-state index contributed by atoms with van der Waals surface area (Å²) in [6.07, 6.45) is 8.07. The summed E-state index contributed by atoms with van der Waals surface area (Å²) in [5.41, 5.74) is -0.481. The Morgan fingerprint density at radius 3 is 2.67 bits per heavy atom. The minimum absolute atomic E-state index is 0. The van der Waals surface area contributed by atoms with E-state index in [-0.39, 0.29) is 36.1 Å². The normalized spacial score (nSPS) is 18.2. The number of hydrogen-bond donors (Lipinski definition) is 2. The van der Waals surface area contributed by atoms with Crippen molar-refractivity contribution in [2.24, 2.45) is 4.99 Å². The predicted octanol–water partition coefficient (Wildman–Crippen LogP) is 2.58. The topological polar surface area (TPSA) is 66.0 Å². The molecule has 0 aromatic heterocycles. The molecule has 0 aliphatic carbocycles. The van der Waals surface area contributed by atoms with Crippen molar-refractivity contribution in [1.29, 1.82) is 0 Å². The van der Waals surface area contributed by atoms with Crippen LogP contribution in [0.15, 0.2) is 4.99 Å². The number of nitrogens with zero attached hydrogens (tertiary/aromatic N) is 2. The third-order valence-corrected chi connectivity index (χ3v) is 3.42. The van der Waals surface area contributed by atoms with E-state index in [1.165, 1.54) is 0 Å². The SMILES string of the molecule is C#CCNC(=NCC1CCCCN1C(=O)OC(C)(C)C)NCC.I. The Morgan fingerprint density at radius 1 is 1.38 bits per heavy atom. The number of nitrogens with one attached hydrogen (secondary N) is 2. The summed E-state index contributed by atoms with van der Waals surface area (Å²) in [5.74, 6) is 3.21. The molecular weight excluding hydrogens is 419 g/mol. The van der Waals surface area contributed by atoms with Crippen molar-refractivity contribution in [1.82, 2.24) is 15.5 Å². The molecule has 1 unspecified atom stereocenters. The Bertz CT molecular complexity index is 454. The third kappa shape index (κ3) is 8.62. The third-order valence-electron chi connectivity index (χ3n) is 3.42. The summed E-state index contributed by atoms with van der Waals surface area (Å²) in [4.78, 5) is 18.7. The van der Waals surface area contributed by atoms with E-state index in [4.69, 9.17) is 11.2 Å². The van der Waals surface area contributed by atoms with Crippen molar-refractivity contribution in [2.45, 2.75) is 58.6 Å². The maximum atomic E-state index is 12.4. The first-order valence-corrected chi connectivity index (χ1v) is 8.32. The van der Waals surface area contributed by atoms with Crippen molar-refractivity contribution in [3.63, 3.8) is 0 Å². The summed E-state index contributed by atoms with van der Waals surface area (Å²) in [5, 5.41) is 6.21. The molecule has 1 fully saturated rings. The highest BCUT2D eigenvalue weighted by Gasteiger charge is 2.30. The summed E-state index contributed by atoms with van der Waals surface area (Å²) < 4.78 is 5.51. The molecule has 138 valence electrons. The van der Waals surface area contributed by atoms with Crippen LogP contribution in [0.1, 0.15) is 47.0 Å². The van der Waals surface area contributed by atoms with E-state index in [9.17, 15) is 4.79 Å². The van der Waals surface area contributed by atoms with E-state index in [1.54, 1.807) is 0 Å². The van der Waals surface area contributed by atoms with Crippen LogP contribution in [0.4, 0.5) is 4.79 Å². The van der Waals surface area contributed by atoms with Gasteiger partial charge in [-0.05, 0) is 47.0 Å². The molecule has 1 rings (SSSR count). The van der Waals surface area contributed by atoms with Crippen LogP contribution in [0.3, 0.4) is 0 Å². The molecule has 0 aromatic rings. The van der Waals surface area contributed by atoms with Crippen LogP contribution in [-0.4, -0.2) is 54.8 Å². The van der Waals surface area contributed by atoms with Crippen LogP contribution < -0.4 is 10.6 Å². The van der Waals surface area contributed by atoms with Gasteiger partial charge in [-0.1, -0.05) is 5.92 Å². The van der Waals surface area contributed by atoms with Gasteiger partial charge < -0.3 is 20.3 Å². The van der Waals surface area contributed by atoms with Gasteiger partial charge in [0.25, 0.3) is 0 Å². The van der Waals surface area contributed by atoms with Gasteiger partial charge in [-0.25, -0.2) is 4.79 Å². The second kappa shape index (κ2) is 11.4. The first kappa shape index (κ1) is 22.8. The lowest BCUT2D eigenvalue weighted by atomic mass is 10.0. The lowest BCUT2D eigenvalue weighted by Gasteiger charge is -2.36. The number of terminal acetylenes is 1. The quantitative estimate of drug-likeness (QED) is 0.299. The van der Waals surface area contributed by atoms with E-state index in [1.807, 2.05) is 32.6 Å². The Hall–Kier alpha value is -1.17. The lowest BCUT2D eigenvalue weighted by molar-refractivity contribution is 0.0110. The van der Waals surface area contributed by atoms with Crippen LogP contribution in [0, 0.1) is 12.3 Å². The van der Waals surface area contributed by atoms with Crippen LogP contribution >= 0.6 is 24.0 Å². The number of ether oxygens (including phenoxy) is 1. The number of rotatable bonds is 4. The molecule has 1 aliphatic heterocycles. The molecule has 0 spiro atoms. The molecule has 2 N–H and O–H groups in total. The molecule has 0 aromatic carbocycles. The van der Waals surface area contributed by atoms with Gasteiger partial charge >= 0.3 is 6.09 Å². The lowest BCUT2D eigenvalue weighted by Crippen LogP contribution is -2.48. The number of hydrogen-bond acceptors (Lipinski definition) is 3. The van der Waals surface area contributed by atoms with Gasteiger partial charge in [0.2, 0.25) is 0 Å². The first-order valence-electron chi connectivity index (χ1n) is 8.32. The second-order valence-corrected chi connectivity index (χ2v) is 6.60. The highest BCUT2D eigenvalue weighted by atomic mass is 127. The van der Waals surface area contributed by atoms with Gasteiger partial charge in [-0.2, -0.15) is 0 Å². The summed E-state index contributed by atoms with van der Waals surface area (Å²) in [6, 6.07) is 0.0693. The molecule has 1 heterocycles. The van der Waals surface area contributed by atoms with Crippen molar-refractivity contribution in [3.8, 4) is 12.3 Å². The fourth-order valence-electron chi connectivity index (χ4n) is 2.42. The molecule has 6 nitrogen and oxygen atoms in total. The smallest absolute Gasteiger partial charge is 0.410 e. The second-order valence-electron chi connectivity index (χ2n) is 6.60. The van der Waals surface area contributed by atoms with E-state index in [0.29, 0.717) is 19.0 Å². The van der Waals surface area contributed by atoms with Gasteiger partial charge in [0.15, 0.2) is 5.96 Å². The van der Waals surface area contributed by atoms with Crippen LogP contribution in [0.25, 0.3) is 0 Å². The number of carbonyl (C=O) groups excluding carboxylic acids is 1. The molecule has 1 atom stereocenters. The van der Waals surface area contributed by atoms with E-state index < -0.39 is 5.60 Å². The number of aliphatic imine (C=N–C) groups is 1. The van der Waals surface area contributed by atoms with Crippen molar-refractivity contribution < 1.29 is 9.53 Å². The number of amides is 1. The Morgan fingerprint density at radius 2 is 2.08 bits per heavy atom. The number of piperidine rings is 1. The van der Waals surface area contributed by atoms with Gasteiger partial charge in [0, 0.05) is 13.1 Å². The molecule has 1 amide bonds. The van der Waals surface area contributed by atoms with Crippen LogP contribution in [0.5, 0.6) is 0 Å². The average molecular weight is 450 g/mol. The minimum Gasteiger partial charge on any atom is -0.444 e. The van der Waals surface area contributed by atoms with Gasteiger partial charge in [0.1, 0.15) is 5.60 Å². The van der Waals surface area contributed by atoms with Crippen molar-refractivity contribution >= 4 is 36.0 Å². The Balaban J connectivity index is 0.00000529. The van der Waals surface area contributed by atoms with Gasteiger partial charge in [0.05, 0.1) is 19.1 Å².